The number of nitrogens with zero attached hydrogens (tertiary/aromatic N) is 1. The second-order valence-electron chi connectivity index (χ2n) is 8.76. The minimum atomic E-state index is -0.1000. The number of likely N-dealkylation sites (tertiary alicyclic amines) is 1. The summed E-state index contributed by atoms with van der Waals surface area (Å²) >= 11 is 0. The highest BCUT2D eigenvalue weighted by molar-refractivity contribution is 5.97. The predicted molar refractivity (Wildman–Crippen MR) is 108 cm³/mol. The van der Waals surface area contributed by atoms with Crippen LogP contribution in [0, 0.1) is 5.92 Å². The van der Waals surface area contributed by atoms with Gasteiger partial charge < -0.3 is 15.3 Å². The Bertz CT molecular complexity index is 732. The van der Waals surface area contributed by atoms with Gasteiger partial charge >= 0.3 is 0 Å². The molecule has 28 heavy (non-hydrogen) atoms. The molecule has 2 N–H and O–H groups in total. The molecule has 5 nitrogen and oxygen atoms in total. The molecule has 1 aromatic carbocycles. The number of nitrogens with one attached hydrogen (secondary N) is 1. The van der Waals surface area contributed by atoms with Crippen LogP contribution in [0.15, 0.2) is 12.1 Å². The van der Waals surface area contributed by atoms with E-state index in [0.29, 0.717) is 37.5 Å². The van der Waals surface area contributed by atoms with Gasteiger partial charge in [-0.25, -0.2) is 0 Å². The molecule has 0 radical (unpaired) electrons. The largest absolute Gasteiger partial charge is 0.507 e. The first-order chi connectivity index (χ1) is 13.6. The number of aromatic hydroxyl groups is 1. The van der Waals surface area contributed by atoms with E-state index in [1.165, 1.54) is 30.4 Å². The van der Waals surface area contributed by atoms with Crippen molar-refractivity contribution >= 4 is 11.8 Å². The smallest absolute Gasteiger partial charge is 0.257 e. The molecular weight excluding hydrogens is 352 g/mol. The van der Waals surface area contributed by atoms with Crippen LogP contribution in [0.4, 0.5) is 0 Å². The van der Waals surface area contributed by atoms with Gasteiger partial charge in [-0.05, 0) is 74.6 Å². The molecule has 0 aromatic heterocycles. The zero-order chi connectivity index (χ0) is 19.5. The van der Waals surface area contributed by atoms with Crippen LogP contribution in [-0.2, 0) is 17.6 Å². The van der Waals surface area contributed by atoms with Crippen LogP contribution in [0.1, 0.15) is 79.3 Å². The zero-order valence-corrected chi connectivity index (χ0v) is 16.7. The van der Waals surface area contributed by atoms with E-state index in [9.17, 15) is 14.7 Å². The summed E-state index contributed by atoms with van der Waals surface area (Å²) in [4.78, 5) is 27.3. The number of aryl methyl sites for hydroxylation is 2. The summed E-state index contributed by atoms with van der Waals surface area (Å²) in [5.41, 5.74) is 2.80. The molecular formula is C23H32N2O3. The highest BCUT2D eigenvalue weighted by Gasteiger charge is 2.30. The molecule has 1 heterocycles. The second-order valence-corrected chi connectivity index (χ2v) is 8.76. The zero-order valence-electron chi connectivity index (χ0n) is 16.7. The lowest BCUT2D eigenvalue weighted by Crippen LogP contribution is -2.45. The quantitative estimate of drug-likeness (QED) is 0.837. The van der Waals surface area contributed by atoms with Crippen LogP contribution in [0.2, 0.25) is 0 Å². The van der Waals surface area contributed by atoms with Crippen molar-refractivity contribution in [2.45, 2.75) is 76.7 Å². The molecule has 1 aromatic rings. The van der Waals surface area contributed by atoms with Gasteiger partial charge in [0.05, 0.1) is 5.56 Å². The van der Waals surface area contributed by atoms with Crippen molar-refractivity contribution in [1.29, 1.82) is 0 Å². The molecule has 0 spiro atoms. The van der Waals surface area contributed by atoms with Gasteiger partial charge in [0.1, 0.15) is 5.75 Å². The molecule has 1 aliphatic heterocycles. The second kappa shape index (κ2) is 8.54. The third-order valence-corrected chi connectivity index (χ3v) is 6.80. The van der Waals surface area contributed by atoms with Crippen molar-refractivity contribution in [1.82, 2.24) is 10.2 Å². The molecule has 1 saturated heterocycles. The topological polar surface area (TPSA) is 69.6 Å². The molecule has 3 aliphatic rings. The predicted octanol–water partition coefficient (Wildman–Crippen LogP) is 3.57. The first-order valence-electron chi connectivity index (χ1n) is 11.1. The molecule has 2 amide bonds. The molecule has 2 fully saturated rings. The Kier molecular flexibility index (Phi) is 5.88. The number of piperidine rings is 1. The number of carbonyl (C=O) groups excluding carboxylic acids is 2. The summed E-state index contributed by atoms with van der Waals surface area (Å²) < 4.78 is 0. The maximum atomic E-state index is 13.0. The fourth-order valence-electron chi connectivity index (χ4n) is 5.03. The van der Waals surface area contributed by atoms with Crippen LogP contribution in [0.5, 0.6) is 5.75 Å². The van der Waals surface area contributed by atoms with Gasteiger partial charge in [0.15, 0.2) is 0 Å². The van der Waals surface area contributed by atoms with Crippen molar-refractivity contribution in [2.75, 3.05) is 13.1 Å². The number of fused-ring (bicyclic) bond motifs is 1. The SMILES string of the molecule is O=C(NC1CCCCC1)C1CCN(C(=O)c2cc3c(cc2O)CCCC3)CC1. The average molecular weight is 385 g/mol. The molecule has 0 unspecified atom stereocenters. The molecule has 0 atom stereocenters. The standard InChI is InChI=1S/C23H32N2O3/c26-21-15-18-7-5-4-6-17(18)14-20(21)23(28)25-12-10-16(11-13-25)22(27)24-19-8-2-1-3-9-19/h14-16,19,26H,1-13H2,(H,24,27). The minimum absolute atomic E-state index is 0.00288. The highest BCUT2D eigenvalue weighted by atomic mass is 16.3. The van der Waals surface area contributed by atoms with Crippen molar-refractivity contribution in [3.8, 4) is 5.75 Å². The molecule has 2 aliphatic carbocycles. The fraction of sp³-hybridized carbons (Fsp3) is 0.652. The summed E-state index contributed by atoms with van der Waals surface area (Å²) in [5, 5.41) is 13.6. The number of hydrogen-bond donors (Lipinski definition) is 2. The van der Waals surface area contributed by atoms with Crippen LogP contribution in [-0.4, -0.2) is 41.0 Å². The van der Waals surface area contributed by atoms with Crippen LogP contribution < -0.4 is 5.32 Å². The number of amides is 2. The summed E-state index contributed by atoms with van der Waals surface area (Å²) in [6.07, 6.45) is 11.6. The van der Waals surface area contributed by atoms with Crippen molar-refractivity contribution < 1.29 is 14.7 Å². The van der Waals surface area contributed by atoms with E-state index in [0.717, 1.165) is 38.5 Å². The highest BCUT2D eigenvalue weighted by Crippen LogP contribution is 2.30. The maximum Gasteiger partial charge on any atom is 0.257 e. The van der Waals surface area contributed by atoms with Gasteiger partial charge in [-0.2, -0.15) is 0 Å². The van der Waals surface area contributed by atoms with Gasteiger partial charge in [0, 0.05) is 25.0 Å². The van der Waals surface area contributed by atoms with E-state index in [1.807, 2.05) is 6.07 Å². The van der Waals surface area contributed by atoms with Gasteiger partial charge in [-0.15, -0.1) is 0 Å². The lowest BCUT2D eigenvalue weighted by atomic mass is 9.89. The van der Waals surface area contributed by atoms with E-state index in [-0.39, 0.29) is 23.5 Å². The van der Waals surface area contributed by atoms with Gasteiger partial charge in [0.25, 0.3) is 5.91 Å². The van der Waals surface area contributed by atoms with E-state index in [4.69, 9.17) is 0 Å². The van der Waals surface area contributed by atoms with Crippen molar-refractivity contribution in [3.05, 3.63) is 28.8 Å². The van der Waals surface area contributed by atoms with E-state index in [1.54, 1.807) is 11.0 Å². The van der Waals surface area contributed by atoms with Crippen molar-refractivity contribution in [2.24, 2.45) is 5.92 Å². The molecule has 0 bridgehead atoms. The van der Waals surface area contributed by atoms with E-state index in [2.05, 4.69) is 5.32 Å². The lowest BCUT2D eigenvalue weighted by molar-refractivity contribution is -0.127. The van der Waals surface area contributed by atoms with Crippen LogP contribution in [0.25, 0.3) is 0 Å². The van der Waals surface area contributed by atoms with Crippen LogP contribution >= 0.6 is 0 Å². The monoisotopic (exact) mass is 384 g/mol. The fourth-order valence-corrected chi connectivity index (χ4v) is 5.03. The van der Waals surface area contributed by atoms with Gasteiger partial charge in [-0.3, -0.25) is 9.59 Å². The molecule has 5 heteroatoms. The number of hydrogen-bond acceptors (Lipinski definition) is 3. The van der Waals surface area contributed by atoms with Crippen molar-refractivity contribution in [3.63, 3.8) is 0 Å². The molecule has 152 valence electrons. The van der Waals surface area contributed by atoms with E-state index >= 15 is 0 Å². The third-order valence-electron chi connectivity index (χ3n) is 6.80. The number of carbonyl (C=O) groups is 2. The number of benzene rings is 1. The number of rotatable bonds is 3. The number of phenols is 1. The Morgan fingerprint density at radius 2 is 1.54 bits per heavy atom. The Morgan fingerprint density at radius 3 is 2.21 bits per heavy atom. The summed E-state index contributed by atoms with van der Waals surface area (Å²) in [6.45, 7) is 1.16. The normalized spacial score (nSPS) is 21.2. The number of phenolic OH excluding ortho intramolecular Hbond substituents is 1. The Balaban J connectivity index is 1.34. The Morgan fingerprint density at radius 1 is 0.893 bits per heavy atom. The first-order valence-corrected chi connectivity index (χ1v) is 11.1. The molecule has 1 saturated carbocycles. The van der Waals surface area contributed by atoms with Gasteiger partial charge in [0.2, 0.25) is 5.91 Å². The summed E-state index contributed by atoms with van der Waals surface area (Å²) in [7, 11) is 0. The minimum Gasteiger partial charge on any atom is -0.507 e. The van der Waals surface area contributed by atoms with Crippen LogP contribution in [0.3, 0.4) is 0 Å². The Labute approximate surface area is 167 Å². The molecule has 4 rings (SSSR count). The van der Waals surface area contributed by atoms with E-state index < -0.39 is 0 Å². The lowest BCUT2D eigenvalue weighted by Gasteiger charge is -2.33. The Hall–Kier alpha value is -2.04. The first kappa shape index (κ1) is 19.3. The average Bonchev–Trinajstić information content (AvgIpc) is 2.73. The maximum absolute atomic E-state index is 13.0. The van der Waals surface area contributed by atoms with Gasteiger partial charge in [-0.1, -0.05) is 19.3 Å². The third kappa shape index (κ3) is 4.18. The summed E-state index contributed by atoms with van der Waals surface area (Å²) in [6, 6.07) is 4.02. The summed E-state index contributed by atoms with van der Waals surface area (Å²) in [5.74, 6) is 0.165.